The fourth-order valence-electron chi connectivity index (χ4n) is 1.45. The Balaban J connectivity index is 2.28. The fraction of sp³-hybridized carbons (Fsp3) is 0.400. The van der Waals surface area contributed by atoms with Crippen LogP contribution in [0.4, 0.5) is 0 Å². The molecule has 4 nitrogen and oxygen atoms in total. The molecule has 0 aliphatic heterocycles. The molecule has 5 heteroatoms. The summed E-state index contributed by atoms with van der Waals surface area (Å²) < 4.78 is 1.60. The van der Waals surface area contributed by atoms with Crippen LogP contribution in [0.1, 0.15) is 12.8 Å². The normalized spacial score (nSPS) is 11.0. The molecule has 2 aromatic heterocycles. The summed E-state index contributed by atoms with van der Waals surface area (Å²) in [6.45, 7) is 0.793. The lowest BCUT2D eigenvalue weighted by Crippen LogP contribution is -2.20. The smallest absolute Gasteiger partial charge is 0.262 e. The first kappa shape index (κ1) is 10.3. The number of nitrogens with zero attached hydrogens (tertiary/aromatic N) is 2. The molecular weight excluding hydrogens is 212 g/mol. The number of unbranched alkanes of at least 4 members (excludes halogenated alkanes) is 1. The van der Waals surface area contributed by atoms with Gasteiger partial charge in [0.25, 0.3) is 5.56 Å². The van der Waals surface area contributed by atoms with Gasteiger partial charge in [-0.05, 0) is 24.3 Å². The van der Waals surface area contributed by atoms with Gasteiger partial charge in [0.1, 0.15) is 4.83 Å². The zero-order chi connectivity index (χ0) is 10.7. The van der Waals surface area contributed by atoms with Crippen molar-refractivity contribution in [3.05, 3.63) is 28.1 Å². The van der Waals surface area contributed by atoms with Crippen LogP contribution >= 0.6 is 11.3 Å². The van der Waals surface area contributed by atoms with Crippen LogP contribution in [0.2, 0.25) is 0 Å². The molecule has 15 heavy (non-hydrogen) atoms. The van der Waals surface area contributed by atoms with E-state index in [0.717, 1.165) is 11.3 Å². The predicted molar refractivity (Wildman–Crippen MR) is 60.2 cm³/mol. The lowest BCUT2D eigenvalue weighted by Gasteiger charge is -2.03. The third kappa shape index (κ3) is 2.08. The Morgan fingerprint density at radius 1 is 1.47 bits per heavy atom. The Morgan fingerprint density at radius 3 is 3.13 bits per heavy atom. The quantitative estimate of drug-likeness (QED) is 0.795. The summed E-state index contributed by atoms with van der Waals surface area (Å²) in [5, 5.41) is 11.2. The highest BCUT2D eigenvalue weighted by Crippen LogP contribution is 2.13. The Morgan fingerprint density at radius 2 is 2.33 bits per heavy atom. The Labute approximate surface area is 90.8 Å². The van der Waals surface area contributed by atoms with Crippen LogP contribution in [0.5, 0.6) is 0 Å². The minimum atomic E-state index is 0.0131. The Hall–Kier alpha value is -1.20. The van der Waals surface area contributed by atoms with Crippen molar-refractivity contribution in [1.82, 2.24) is 9.55 Å². The molecular formula is C10H12N2O2S. The second-order valence-corrected chi connectivity index (χ2v) is 4.21. The van der Waals surface area contributed by atoms with Gasteiger partial charge in [0.15, 0.2) is 0 Å². The van der Waals surface area contributed by atoms with Gasteiger partial charge in [-0.2, -0.15) is 0 Å². The SMILES string of the molecule is O=c1c2ccsc2ncn1CCCCO. The largest absolute Gasteiger partial charge is 0.396 e. The summed E-state index contributed by atoms with van der Waals surface area (Å²) in [5.41, 5.74) is 0.0131. The second-order valence-electron chi connectivity index (χ2n) is 3.31. The molecule has 0 saturated carbocycles. The van der Waals surface area contributed by atoms with Gasteiger partial charge in [-0.3, -0.25) is 9.36 Å². The first-order valence-corrected chi connectivity index (χ1v) is 5.74. The summed E-state index contributed by atoms with van der Waals surface area (Å²) >= 11 is 1.47. The third-order valence-electron chi connectivity index (χ3n) is 2.26. The van der Waals surface area contributed by atoms with Gasteiger partial charge in [-0.1, -0.05) is 0 Å². The second kappa shape index (κ2) is 4.55. The Bertz CT molecular complexity index is 503. The molecule has 0 aliphatic carbocycles. The number of aryl methyl sites for hydroxylation is 1. The summed E-state index contributed by atoms with van der Waals surface area (Å²) in [6.07, 6.45) is 3.10. The first-order chi connectivity index (χ1) is 7.33. The number of hydrogen-bond donors (Lipinski definition) is 1. The van der Waals surface area contributed by atoms with Crippen LogP contribution in [-0.2, 0) is 6.54 Å². The van der Waals surface area contributed by atoms with Crippen LogP contribution < -0.4 is 5.56 Å². The van der Waals surface area contributed by atoms with E-state index in [2.05, 4.69) is 4.98 Å². The van der Waals surface area contributed by atoms with Gasteiger partial charge in [-0.15, -0.1) is 11.3 Å². The minimum absolute atomic E-state index is 0.0131. The molecule has 0 saturated heterocycles. The number of aromatic nitrogens is 2. The number of fused-ring (bicyclic) bond motifs is 1. The van der Waals surface area contributed by atoms with E-state index in [1.807, 2.05) is 5.38 Å². The van der Waals surface area contributed by atoms with Crippen LogP contribution in [-0.4, -0.2) is 21.3 Å². The number of aliphatic hydroxyl groups excluding tert-OH is 1. The number of thiophene rings is 1. The summed E-state index contributed by atoms with van der Waals surface area (Å²) in [6, 6.07) is 1.80. The highest BCUT2D eigenvalue weighted by molar-refractivity contribution is 7.16. The van der Waals surface area contributed by atoms with Gasteiger partial charge in [0.05, 0.1) is 11.7 Å². The maximum atomic E-state index is 11.9. The predicted octanol–water partition coefficient (Wildman–Crippen LogP) is 1.23. The lowest BCUT2D eigenvalue weighted by atomic mass is 10.3. The van der Waals surface area contributed by atoms with Crippen molar-refractivity contribution in [2.75, 3.05) is 6.61 Å². The van der Waals surface area contributed by atoms with E-state index < -0.39 is 0 Å². The van der Waals surface area contributed by atoms with E-state index in [0.29, 0.717) is 18.4 Å². The summed E-state index contributed by atoms with van der Waals surface area (Å²) in [5.74, 6) is 0. The van der Waals surface area contributed by atoms with E-state index in [-0.39, 0.29) is 12.2 Å². The standard InChI is InChI=1S/C10H12N2O2S/c13-5-2-1-4-12-7-11-9-8(10(12)14)3-6-15-9/h3,6-7,13H,1-2,4-5H2. The topological polar surface area (TPSA) is 55.1 Å². The van der Waals surface area contributed by atoms with Crippen LogP contribution in [0.3, 0.4) is 0 Å². The average Bonchev–Trinajstić information content (AvgIpc) is 2.70. The van der Waals surface area contributed by atoms with E-state index in [4.69, 9.17) is 5.11 Å². The molecule has 0 amide bonds. The first-order valence-electron chi connectivity index (χ1n) is 4.86. The molecule has 0 unspecified atom stereocenters. The third-order valence-corrected chi connectivity index (χ3v) is 3.08. The van der Waals surface area contributed by atoms with E-state index in [1.54, 1.807) is 17.0 Å². The van der Waals surface area contributed by atoms with Crippen molar-refractivity contribution < 1.29 is 5.11 Å². The van der Waals surface area contributed by atoms with Crippen molar-refractivity contribution in [1.29, 1.82) is 0 Å². The van der Waals surface area contributed by atoms with E-state index in [1.165, 1.54) is 11.3 Å². The van der Waals surface area contributed by atoms with Gasteiger partial charge in [0, 0.05) is 13.2 Å². The number of aliphatic hydroxyl groups is 1. The van der Waals surface area contributed by atoms with Crippen molar-refractivity contribution >= 4 is 21.6 Å². The molecule has 0 radical (unpaired) electrons. The maximum Gasteiger partial charge on any atom is 0.262 e. The highest BCUT2D eigenvalue weighted by Gasteiger charge is 2.03. The molecule has 1 N–H and O–H groups in total. The molecule has 80 valence electrons. The van der Waals surface area contributed by atoms with Crippen LogP contribution in [0.15, 0.2) is 22.6 Å². The molecule has 2 rings (SSSR count). The van der Waals surface area contributed by atoms with Crippen LogP contribution in [0.25, 0.3) is 10.2 Å². The summed E-state index contributed by atoms with van der Waals surface area (Å²) in [7, 11) is 0. The van der Waals surface area contributed by atoms with Gasteiger partial charge in [-0.25, -0.2) is 4.98 Å². The molecule has 0 spiro atoms. The monoisotopic (exact) mass is 224 g/mol. The molecule has 0 atom stereocenters. The minimum Gasteiger partial charge on any atom is -0.396 e. The molecule has 2 aromatic rings. The fourth-order valence-corrected chi connectivity index (χ4v) is 2.17. The highest BCUT2D eigenvalue weighted by atomic mass is 32.1. The van der Waals surface area contributed by atoms with Crippen LogP contribution in [0, 0.1) is 0 Å². The van der Waals surface area contributed by atoms with E-state index >= 15 is 0 Å². The zero-order valence-corrected chi connectivity index (χ0v) is 9.04. The van der Waals surface area contributed by atoms with Gasteiger partial charge >= 0.3 is 0 Å². The average molecular weight is 224 g/mol. The molecule has 0 aliphatic rings. The molecule has 0 aromatic carbocycles. The Kier molecular flexibility index (Phi) is 3.13. The molecule has 0 bridgehead atoms. The van der Waals surface area contributed by atoms with Crippen molar-refractivity contribution in [3.8, 4) is 0 Å². The maximum absolute atomic E-state index is 11.9. The van der Waals surface area contributed by atoms with Crippen molar-refractivity contribution in [2.24, 2.45) is 0 Å². The number of hydrogen-bond acceptors (Lipinski definition) is 4. The van der Waals surface area contributed by atoms with Gasteiger partial charge < -0.3 is 5.11 Å². The van der Waals surface area contributed by atoms with Crippen molar-refractivity contribution in [3.63, 3.8) is 0 Å². The summed E-state index contributed by atoms with van der Waals surface area (Å²) in [4.78, 5) is 16.8. The molecule has 0 fully saturated rings. The van der Waals surface area contributed by atoms with E-state index in [9.17, 15) is 4.79 Å². The number of rotatable bonds is 4. The molecule has 2 heterocycles. The van der Waals surface area contributed by atoms with Crippen molar-refractivity contribution in [2.45, 2.75) is 19.4 Å². The van der Waals surface area contributed by atoms with Gasteiger partial charge in [0.2, 0.25) is 0 Å². The zero-order valence-electron chi connectivity index (χ0n) is 8.22. The lowest BCUT2D eigenvalue weighted by molar-refractivity contribution is 0.281.